The van der Waals surface area contributed by atoms with E-state index in [1.165, 1.54) is 17.5 Å². The molecule has 114 valence electrons. The molecular formula is C16H15ClN2O2S. The fourth-order valence-corrected chi connectivity index (χ4v) is 3.10. The molecule has 0 aliphatic heterocycles. The molecule has 0 spiro atoms. The Morgan fingerprint density at radius 2 is 2.14 bits per heavy atom. The van der Waals surface area contributed by atoms with Crippen LogP contribution in [0.3, 0.4) is 0 Å². The van der Waals surface area contributed by atoms with Crippen molar-refractivity contribution in [2.45, 2.75) is 18.2 Å². The quantitative estimate of drug-likeness (QED) is 0.652. The second kappa shape index (κ2) is 6.50. The van der Waals surface area contributed by atoms with Gasteiger partial charge in [-0.1, -0.05) is 29.7 Å². The highest BCUT2D eigenvalue weighted by atomic mass is 35.5. The topological polar surface area (TPSA) is 47.3 Å². The van der Waals surface area contributed by atoms with Crippen molar-refractivity contribution in [2.24, 2.45) is 0 Å². The third-order valence-corrected chi connectivity index (χ3v) is 4.40. The van der Waals surface area contributed by atoms with Crippen LogP contribution < -0.4 is 9.46 Å². The monoisotopic (exact) mass is 334 g/mol. The lowest BCUT2D eigenvalue weighted by molar-refractivity contribution is 0.404. The van der Waals surface area contributed by atoms with Crippen molar-refractivity contribution in [1.82, 2.24) is 5.16 Å². The van der Waals surface area contributed by atoms with Crippen molar-refractivity contribution in [2.75, 3.05) is 11.8 Å². The van der Waals surface area contributed by atoms with Crippen molar-refractivity contribution in [3.05, 3.63) is 47.0 Å². The number of halogens is 1. The van der Waals surface area contributed by atoms with Gasteiger partial charge in [0.2, 0.25) is 0 Å². The molecule has 0 aliphatic carbocycles. The van der Waals surface area contributed by atoms with E-state index < -0.39 is 0 Å². The summed E-state index contributed by atoms with van der Waals surface area (Å²) in [6.45, 7) is 2.12. The zero-order valence-electron chi connectivity index (χ0n) is 12.2. The van der Waals surface area contributed by atoms with E-state index in [0.717, 1.165) is 22.5 Å². The van der Waals surface area contributed by atoms with Gasteiger partial charge in [-0.2, -0.15) is 0 Å². The summed E-state index contributed by atoms with van der Waals surface area (Å²) in [6.07, 6.45) is 0.972. The van der Waals surface area contributed by atoms with Gasteiger partial charge in [0.15, 0.2) is 11.4 Å². The average molecular weight is 335 g/mol. The first-order chi connectivity index (χ1) is 10.7. The first kappa shape index (κ1) is 15.1. The fourth-order valence-electron chi connectivity index (χ4n) is 2.11. The van der Waals surface area contributed by atoms with Crippen LogP contribution in [0.15, 0.2) is 45.8 Å². The second-order valence-electron chi connectivity index (χ2n) is 4.71. The summed E-state index contributed by atoms with van der Waals surface area (Å²) in [5.41, 5.74) is 1.94. The van der Waals surface area contributed by atoms with E-state index >= 15 is 0 Å². The van der Waals surface area contributed by atoms with Crippen LogP contribution in [0, 0.1) is 0 Å². The predicted molar refractivity (Wildman–Crippen MR) is 90.9 cm³/mol. The molecule has 3 rings (SSSR count). The van der Waals surface area contributed by atoms with Gasteiger partial charge >= 0.3 is 0 Å². The summed E-state index contributed by atoms with van der Waals surface area (Å²) >= 11 is 7.47. The van der Waals surface area contributed by atoms with E-state index in [2.05, 4.69) is 28.9 Å². The molecule has 2 aromatic carbocycles. The first-order valence-electron chi connectivity index (χ1n) is 6.86. The fraction of sp³-hybridized carbons (Fsp3) is 0.188. The minimum absolute atomic E-state index is 0.645. The predicted octanol–water partition coefficient (Wildman–Crippen LogP) is 5.17. The maximum atomic E-state index is 6.03. The zero-order valence-corrected chi connectivity index (χ0v) is 13.8. The van der Waals surface area contributed by atoms with Crippen molar-refractivity contribution in [3.8, 4) is 5.75 Å². The molecule has 0 amide bonds. The molecule has 3 aromatic rings. The first-order valence-corrected chi connectivity index (χ1v) is 8.05. The third-order valence-electron chi connectivity index (χ3n) is 3.33. The summed E-state index contributed by atoms with van der Waals surface area (Å²) in [5.74, 6) is 1.46. The van der Waals surface area contributed by atoms with Gasteiger partial charge in [-0.15, -0.1) is 0 Å². The Balaban J connectivity index is 1.86. The number of nitrogens with zero attached hydrogens (tertiary/aromatic N) is 1. The molecule has 1 N–H and O–H groups in total. The number of anilines is 1. The molecule has 0 atom stereocenters. The maximum absolute atomic E-state index is 6.03. The molecule has 0 unspecified atom stereocenters. The highest BCUT2D eigenvalue weighted by molar-refractivity contribution is 8.00. The number of methoxy groups -OCH3 is 1. The van der Waals surface area contributed by atoms with E-state index in [4.69, 9.17) is 20.9 Å². The minimum Gasteiger partial charge on any atom is -0.496 e. The normalized spacial score (nSPS) is 10.9. The van der Waals surface area contributed by atoms with E-state index in [-0.39, 0.29) is 0 Å². The van der Waals surface area contributed by atoms with E-state index in [1.54, 1.807) is 19.2 Å². The van der Waals surface area contributed by atoms with Gasteiger partial charge in [0.05, 0.1) is 17.4 Å². The third kappa shape index (κ3) is 3.00. The van der Waals surface area contributed by atoms with Gasteiger partial charge in [-0.05, 0) is 54.3 Å². The Morgan fingerprint density at radius 1 is 1.27 bits per heavy atom. The van der Waals surface area contributed by atoms with Gasteiger partial charge < -0.3 is 14.0 Å². The van der Waals surface area contributed by atoms with Crippen LogP contribution in [0.5, 0.6) is 5.75 Å². The highest BCUT2D eigenvalue weighted by Gasteiger charge is 2.11. The van der Waals surface area contributed by atoms with Gasteiger partial charge in [-0.25, -0.2) is 0 Å². The number of fused-ring (bicyclic) bond motifs is 1. The number of benzene rings is 2. The molecule has 0 aliphatic rings. The SMILES string of the molecule is CCc1ccc(OC)c(SNc2noc3ccc(Cl)cc23)c1. The Morgan fingerprint density at radius 3 is 2.91 bits per heavy atom. The molecule has 0 fully saturated rings. The molecule has 0 saturated carbocycles. The summed E-state index contributed by atoms with van der Waals surface area (Å²) in [4.78, 5) is 1.00. The summed E-state index contributed by atoms with van der Waals surface area (Å²) in [5, 5.41) is 5.54. The number of rotatable bonds is 5. The van der Waals surface area contributed by atoms with Crippen LogP contribution in [0.4, 0.5) is 5.82 Å². The maximum Gasteiger partial charge on any atom is 0.187 e. The van der Waals surface area contributed by atoms with Crippen LogP contribution in [-0.2, 0) is 6.42 Å². The Labute approximate surface area is 137 Å². The molecule has 22 heavy (non-hydrogen) atoms. The number of hydrogen-bond donors (Lipinski definition) is 1. The Kier molecular flexibility index (Phi) is 4.45. The summed E-state index contributed by atoms with van der Waals surface area (Å²) in [6, 6.07) is 11.6. The summed E-state index contributed by atoms with van der Waals surface area (Å²) in [7, 11) is 1.66. The molecule has 0 radical (unpaired) electrons. The van der Waals surface area contributed by atoms with Crippen LogP contribution in [0.25, 0.3) is 11.0 Å². The number of aryl methyl sites for hydroxylation is 1. The molecular weight excluding hydrogens is 320 g/mol. The molecule has 0 bridgehead atoms. The van der Waals surface area contributed by atoms with Crippen LogP contribution in [-0.4, -0.2) is 12.3 Å². The van der Waals surface area contributed by atoms with Gasteiger partial charge in [0.1, 0.15) is 5.75 Å². The lowest BCUT2D eigenvalue weighted by Crippen LogP contribution is -1.93. The number of hydrogen-bond acceptors (Lipinski definition) is 5. The van der Waals surface area contributed by atoms with Crippen LogP contribution in [0.1, 0.15) is 12.5 Å². The van der Waals surface area contributed by atoms with Gasteiger partial charge in [-0.3, -0.25) is 0 Å². The van der Waals surface area contributed by atoms with E-state index in [0.29, 0.717) is 16.4 Å². The van der Waals surface area contributed by atoms with Crippen LogP contribution in [0.2, 0.25) is 5.02 Å². The van der Waals surface area contributed by atoms with Crippen LogP contribution >= 0.6 is 23.5 Å². The van der Waals surface area contributed by atoms with E-state index in [1.807, 2.05) is 12.1 Å². The van der Waals surface area contributed by atoms with Gasteiger partial charge in [0, 0.05) is 5.02 Å². The molecule has 1 heterocycles. The zero-order chi connectivity index (χ0) is 15.5. The van der Waals surface area contributed by atoms with Crippen molar-refractivity contribution < 1.29 is 9.26 Å². The number of aromatic nitrogens is 1. The molecule has 4 nitrogen and oxygen atoms in total. The van der Waals surface area contributed by atoms with E-state index in [9.17, 15) is 0 Å². The lowest BCUT2D eigenvalue weighted by Gasteiger charge is -2.09. The minimum atomic E-state index is 0.645. The largest absolute Gasteiger partial charge is 0.496 e. The number of ether oxygens (including phenoxy) is 1. The number of nitrogens with one attached hydrogen (secondary N) is 1. The lowest BCUT2D eigenvalue weighted by atomic mass is 10.2. The van der Waals surface area contributed by atoms with Gasteiger partial charge in [0.25, 0.3) is 0 Å². The average Bonchev–Trinajstić information content (AvgIpc) is 2.94. The Bertz CT molecular complexity index is 804. The standard InChI is InChI=1S/C16H15ClN2O2S/c1-3-10-4-6-14(20-2)15(8-10)22-19-16-12-9-11(17)5-7-13(12)21-18-16/h4-9H,3H2,1-2H3,(H,18,19). The van der Waals surface area contributed by atoms with Crippen molar-refractivity contribution >= 4 is 40.3 Å². The molecule has 1 aromatic heterocycles. The molecule has 6 heteroatoms. The second-order valence-corrected chi connectivity index (χ2v) is 6.00. The van der Waals surface area contributed by atoms with Crippen molar-refractivity contribution in [3.63, 3.8) is 0 Å². The van der Waals surface area contributed by atoms with Crippen molar-refractivity contribution in [1.29, 1.82) is 0 Å². The smallest absolute Gasteiger partial charge is 0.187 e. The molecule has 0 saturated heterocycles. The Hall–Kier alpha value is -1.85. The highest BCUT2D eigenvalue weighted by Crippen LogP contribution is 2.33. The summed E-state index contributed by atoms with van der Waals surface area (Å²) < 4.78 is 13.9.